The van der Waals surface area contributed by atoms with Crippen LogP contribution in [-0.4, -0.2) is 10.4 Å². The number of nitro benzene ring substituents is 1. The Morgan fingerprint density at radius 3 is 2.44 bits per heavy atom. The Hall–Kier alpha value is -0.950. The van der Waals surface area contributed by atoms with E-state index in [1.54, 1.807) is 0 Å². The van der Waals surface area contributed by atoms with E-state index in [9.17, 15) is 23.3 Å². The van der Waals surface area contributed by atoms with Crippen LogP contribution in [0, 0.1) is 17.0 Å². The Morgan fingerprint density at radius 1 is 1.44 bits per heavy atom. The molecule has 1 rings (SSSR count). The van der Waals surface area contributed by atoms with Crippen molar-refractivity contribution in [2.75, 3.05) is 0 Å². The number of hydrogen-bond acceptors (Lipinski definition) is 3. The fraction of sp³-hybridized carbons (Fsp3) is 0.250. The highest BCUT2D eigenvalue weighted by Crippen LogP contribution is 2.40. The lowest BCUT2D eigenvalue weighted by atomic mass is 10.2. The van der Waals surface area contributed by atoms with Crippen molar-refractivity contribution in [1.82, 2.24) is 0 Å². The Labute approximate surface area is 97.7 Å². The predicted molar refractivity (Wildman–Crippen MR) is 54.8 cm³/mol. The van der Waals surface area contributed by atoms with E-state index in [0.29, 0.717) is 0 Å². The molecule has 0 unspecified atom stereocenters. The molecule has 0 fully saturated rings. The summed E-state index contributed by atoms with van der Waals surface area (Å²) >= 11 is 5.17. The lowest BCUT2D eigenvalue weighted by Gasteiger charge is -2.07. The highest BCUT2D eigenvalue weighted by Gasteiger charge is 2.30. The van der Waals surface area contributed by atoms with Gasteiger partial charge in [0.05, 0.1) is 9.95 Å². The average molecular weight is 272 g/mol. The van der Waals surface area contributed by atoms with E-state index < -0.39 is 27.9 Å². The molecule has 0 atom stereocenters. The minimum Gasteiger partial charge on any atom is -0.258 e. The molecule has 0 bridgehead atoms. The maximum absolute atomic E-state index is 12.1. The third kappa shape index (κ3) is 3.28. The molecule has 0 aromatic heterocycles. The minimum atomic E-state index is -4.49. The molecule has 0 radical (unpaired) electrons. The van der Waals surface area contributed by atoms with Gasteiger partial charge in [-0.15, -0.1) is 0 Å². The molecule has 16 heavy (non-hydrogen) atoms. The molecule has 1 aromatic carbocycles. The molecule has 0 saturated carbocycles. The molecule has 0 spiro atoms. The molecule has 3 nitrogen and oxygen atoms in total. The van der Waals surface area contributed by atoms with Gasteiger partial charge in [-0.05, 0) is 24.8 Å². The zero-order chi connectivity index (χ0) is 12.5. The fourth-order valence-electron chi connectivity index (χ4n) is 1.02. The topological polar surface area (TPSA) is 43.1 Å². The predicted octanol–water partition coefficient (Wildman–Crippen LogP) is 4.17. The van der Waals surface area contributed by atoms with E-state index in [1.807, 2.05) is 0 Å². The normalized spacial score (nSPS) is 11.6. The van der Waals surface area contributed by atoms with E-state index >= 15 is 0 Å². The van der Waals surface area contributed by atoms with Gasteiger partial charge in [0.1, 0.15) is 0 Å². The first-order valence-electron chi connectivity index (χ1n) is 3.91. The second kappa shape index (κ2) is 4.50. The minimum absolute atomic E-state index is 0.0547. The number of halogens is 4. The smallest absolute Gasteiger partial charge is 0.258 e. The van der Waals surface area contributed by atoms with E-state index in [0.717, 1.165) is 12.1 Å². The molecule has 0 saturated heterocycles. The quantitative estimate of drug-likeness (QED) is 0.461. The zero-order valence-electron chi connectivity index (χ0n) is 7.84. The summed E-state index contributed by atoms with van der Waals surface area (Å²) in [5.74, 6) is 0. The largest absolute Gasteiger partial charge is 0.446 e. The lowest BCUT2D eigenvalue weighted by molar-refractivity contribution is -0.385. The first kappa shape index (κ1) is 13.1. The molecular formula is C8H5ClF3NO2S. The highest BCUT2D eigenvalue weighted by molar-refractivity contribution is 8.00. The van der Waals surface area contributed by atoms with Crippen molar-refractivity contribution < 1.29 is 18.1 Å². The maximum Gasteiger partial charge on any atom is 0.446 e. The third-order valence-electron chi connectivity index (χ3n) is 1.72. The van der Waals surface area contributed by atoms with E-state index in [4.69, 9.17) is 11.6 Å². The molecular weight excluding hydrogens is 267 g/mol. The molecule has 0 aliphatic heterocycles. The van der Waals surface area contributed by atoms with Gasteiger partial charge in [0.2, 0.25) is 0 Å². The van der Waals surface area contributed by atoms with Crippen molar-refractivity contribution >= 4 is 29.1 Å². The van der Waals surface area contributed by atoms with Crippen LogP contribution in [0.3, 0.4) is 0 Å². The SMILES string of the molecule is Cc1c(Cl)cc(SC(F)(F)F)cc1[N+](=O)[O-]. The van der Waals surface area contributed by atoms with Gasteiger partial charge in [-0.3, -0.25) is 10.1 Å². The average Bonchev–Trinajstić information content (AvgIpc) is 2.07. The first-order valence-corrected chi connectivity index (χ1v) is 5.10. The van der Waals surface area contributed by atoms with Crippen LogP contribution in [0.5, 0.6) is 0 Å². The van der Waals surface area contributed by atoms with Gasteiger partial charge in [-0.1, -0.05) is 11.6 Å². The summed E-state index contributed by atoms with van der Waals surface area (Å²) in [6, 6.07) is 1.92. The van der Waals surface area contributed by atoms with Crippen molar-refractivity contribution in [3.8, 4) is 0 Å². The Bertz CT molecular complexity index is 436. The van der Waals surface area contributed by atoms with Gasteiger partial charge in [0, 0.05) is 16.5 Å². The number of thioether (sulfide) groups is 1. The van der Waals surface area contributed by atoms with Gasteiger partial charge >= 0.3 is 5.51 Å². The summed E-state index contributed by atoms with van der Waals surface area (Å²) in [7, 11) is 0. The molecule has 0 aliphatic carbocycles. The number of rotatable bonds is 2. The summed E-state index contributed by atoms with van der Waals surface area (Å²) < 4.78 is 36.2. The number of nitro groups is 1. The van der Waals surface area contributed by atoms with Gasteiger partial charge in [0.25, 0.3) is 5.69 Å². The number of hydrogen-bond donors (Lipinski definition) is 0. The molecule has 0 amide bonds. The highest BCUT2D eigenvalue weighted by atomic mass is 35.5. The maximum atomic E-state index is 12.1. The summed E-state index contributed by atoms with van der Waals surface area (Å²) in [6.07, 6.45) is 0. The van der Waals surface area contributed by atoms with Crippen LogP contribution in [0.1, 0.15) is 5.56 Å². The zero-order valence-corrected chi connectivity index (χ0v) is 9.41. The molecule has 8 heteroatoms. The van der Waals surface area contributed by atoms with E-state index in [1.165, 1.54) is 6.92 Å². The van der Waals surface area contributed by atoms with Crippen LogP contribution in [0.2, 0.25) is 5.02 Å². The van der Waals surface area contributed by atoms with Gasteiger partial charge in [-0.2, -0.15) is 13.2 Å². The first-order chi connectivity index (χ1) is 7.20. The van der Waals surface area contributed by atoms with Crippen molar-refractivity contribution in [1.29, 1.82) is 0 Å². The fourth-order valence-corrected chi connectivity index (χ4v) is 1.92. The standard InChI is InChI=1S/C8H5ClF3NO2S/c1-4-6(9)2-5(16-8(10,11)12)3-7(4)13(14)15/h2-3H,1H3. The molecule has 1 aromatic rings. The molecule has 0 N–H and O–H groups in total. The number of nitrogens with zero attached hydrogens (tertiary/aromatic N) is 1. The Kier molecular flexibility index (Phi) is 3.69. The molecule has 0 heterocycles. The van der Waals surface area contributed by atoms with Crippen LogP contribution in [-0.2, 0) is 0 Å². The van der Waals surface area contributed by atoms with Gasteiger partial charge in [0.15, 0.2) is 0 Å². The summed E-state index contributed by atoms with van der Waals surface area (Å²) in [6.45, 7) is 1.38. The van der Waals surface area contributed by atoms with Gasteiger partial charge < -0.3 is 0 Å². The van der Waals surface area contributed by atoms with Crippen LogP contribution < -0.4 is 0 Å². The van der Waals surface area contributed by atoms with Crippen LogP contribution in [0.25, 0.3) is 0 Å². The summed E-state index contributed by atoms with van der Waals surface area (Å²) in [5, 5.41) is 10.5. The van der Waals surface area contributed by atoms with Crippen molar-refractivity contribution in [3.05, 3.63) is 32.8 Å². The van der Waals surface area contributed by atoms with Crippen molar-refractivity contribution in [2.24, 2.45) is 0 Å². The Morgan fingerprint density at radius 2 is 2.00 bits per heavy atom. The van der Waals surface area contributed by atoms with E-state index in [2.05, 4.69) is 0 Å². The van der Waals surface area contributed by atoms with Crippen LogP contribution in [0.4, 0.5) is 18.9 Å². The molecule has 0 aliphatic rings. The van der Waals surface area contributed by atoms with Gasteiger partial charge in [-0.25, -0.2) is 0 Å². The van der Waals surface area contributed by atoms with Crippen molar-refractivity contribution in [3.63, 3.8) is 0 Å². The van der Waals surface area contributed by atoms with Crippen LogP contribution in [0.15, 0.2) is 17.0 Å². The summed E-state index contributed by atoms with van der Waals surface area (Å²) in [5.41, 5.74) is -4.76. The second-order valence-corrected chi connectivity index (χ2v) is 4.40. The van der Waals surface area contributed by atoms with E-state index in [-0.39, 0.29) is 15.5 Å². The number of alkyl halides is 3. The number of benzene rings is 1. The summed E-state index contributed by atoms with van der Waals surface area (Å²) in [4.78, 5) is 9.49. The lowest BCUT2D eigenvalue weighted by Crippen LogP contribution is -2.00. The second-order valence-electron chi connectivity index (χ2n) is 2.85. The van der Waals surface area contributed by atoms with Crippen molar-refractivity contribution in [2.45, 2.75) is 17.3 Å². The monoisotopic (exact) mass is 271 g/mol. The third-order valence-corrected chi connectivity index (χ3v) is 2.82. The van der Waals surface area contributed by atoms with Crippen LogP contribution >= 0.6 is 23.4 Å². The Balaban J connectivity index is 3.19. The molecule has 88 valence electrons.